The molecule has 0 radical (unpaired) electrons. The number of anilines is 9. The third kappa shape index (κ3) is 12.2. The molecule has 9 heteroatoms. The standard InChI is InChI=1S/C42H25NO2.2C42H25NOS/c1-2-9-28(10-3-1)43(36-13-8-16-39-41(36)35-12-5-7-15-38(35)44-39)29-20-22-30-27(25-29)18-17-26-19-21-34-32(40(26)30)23-24-33-31-11-4-6-14-37(31)45-42(33)34;1-2-9-28(10-3-1)43(36-13-8-15-38-41(36)35-12-4-6-14-37(35)44-38)29-20-22-30-27(25-29)18-17-26-19-21-34-32(40(26)30)23-24-33-31-11-5-7-16-39(31)45-42(33)34;1-2-9-28(10-3-1)43(36-13-8-16-39-41(36)35-12-5-7-15-38(35)45-39)29-20-22-30-27(25-29)18-17-26-19-21-34-32(40(26)30)23-24-33-31-11-4-6-14-37(31)44-42(33)34/h3*1-25H. The number of hydrogen-bond acceptors (Lipinski definition) is 9. The molecule has 0 spiro atoms. The van der Waals surface area contributed by atoms with E-state index in [1.165, 1.54) is 132 Å². The van der Waals surface area contributed by atoms with Crippen LogP contribution in [0.25, 0.3) is 225 Å². The normalized spacial score (nSPS) is 12.0. The molecule has 0 fully saturated rings. The number of thiophene rings is 2. The minimum atomic E-state index is 0.879. The van der Waals surface area contributed by atoms with Gasteiger partial charge in [-0.15, -0.1) is 22.7 Å². The Morgan fingerprint density at radius 3 is 0.889 bits per heavy atom. The SMILES string of the molecule is c1ccc(N(c2ccc3c(ccc4ccc5c(ccc6c7ccccc7oc65)c43)c2)c2cccc3oc4ccccc4c23)cc1.c1ccc(N(c2ccc3c(ccc4ccc5c(ccc6c7ccccc7oc65)c43)c2)c2cccc3sc4ccccc4c23)cc1.c1ccc(N(c2ccc3c(ccc4ccc5c(ccc6c7ccccc7sc65)c43)c2)c2cccc3oc4ccccc4c23)cc1. The van der Waals surface area contributed by atoms with Crippen LogP contribution in [-0.2, 0) is 0 Å². The maximum Gasteiger partial charge on any atom is 0.143 e. The van der Waals surface area contributed by atoms with E-state index in [0.717, 1.165) is 144 Å². The van der Waals surface area contributed by atoms with Crippen LogP contribution in [0.5, 0.6) is 0 Å². The molecule has 630 valence electrons. The van der Waals surface area contributed by atoms with E-state index in [0.29, 0.717) is 0 Å². The van der Waals surface area contributed by atoms with Crippen LogP contribution in [0, 0.1) is 0 Å². The highest BCUT2D eigenvalue weighted by Crippen LogP contribution is 2.52. The molecule has 0 N–H and O–H groups in total. The lowest BCUT2D eigenvalue weighted by Crippen LogP contribution is -2.10. The highest BCUT2D eigenvalue weighted by Gasteiger charge is 2.27. The van der Waals surface area contributed by atoms with Gasteiger partial charge in [0.1, 0.15) is 44.7 Å². The van der Waals surface area contributed by atoms with Crippen molar-refractivity contribution >= 4 is 299 Å². The fraction of sp³-hybridized carbons (Fsp3) is 0. The first kappa shape index (κ1) is 76.5. The Balaban J connectivity index is 0.000000101. The summed E-state index contributed by atoms with van der Waals surface area (Å²) in [6.07, 6.45) is 0. The lowest BCUT2D eigenvalue weighted by Gasteiger charge is -2.27. The fourth-order valence-electron chi connectivity index (χ4n) is 21.7. The van der Waals surface area contributed by atoms with E-state index < -0.39 is 0 Å². The molecule has 0 saturated heterocycles. The molecule has 30 aromatic rings. The van der Waals surface area contributed by atoms with Gasteiger partial charge in [0.25, 0.3) is 0 Å². The van der Waals surface area contributed by atoms with Crippen molar-refractivity contribution in [1.82, 2.24) is 0 Å². The third-order valence-electron chi connectivity index (χ3n) is 27.6. The van der Waals surface area contributed by atoms with Crippen molar-refractivity contribution in [2.75, 3.05) is 14.7 Å². The van der Waals surface area contributed by atoms with Gasteiger partial charge < -0.3 is 32.4 Å². The second-order valence-corrected chi connectivity index (χ2v) is 37.2. The zero-order chi connectivity index (χ0) is 88.5. The quantitative estimate of drug-likeness (QED) is 0.133. The van der Waals surface area contributed by atoms with Crippen LogP contribution in [0.15, 0.2) is 473 Å². The molecule has 0 unspecified atom stereocenters. The van der Waals surface area contributed by atoms with Gasteiger partial charge in [-0.3, -0.25) is 0 Å². The maximum absolute atomic E-state index is 6.43. The topological polar surface area (TPSA) is 62.3 Å². The van der Waals surface area contributed by atoms with Crippen LogP contribution in [0.3, 0.4) is 0 Å². The van der Waals surface area contributed by atoms with E-state index in [2.05, 4.69) is 427 Å². The van der Waals surface area contributed by atoms with E-state index in [1.807, 2.05) is 65.1 Å². The summed E-state index contributed by atoms with van der Waals surface area (Å²) in [5, 5.41) is 36.5. The molecule has 0 amide bonds. The van der Waals surface area contributed by atoms with Gasteiger partial charge in [0, 0.05) is 123 Å². The summed E-state index contributed by atoms with van der Waals surface area (Å²) >= 11 is 3.75. The van der Waals surface area contributed by atoms with E-state index >= 15 is 0 Å². The molecule has 6 aromatic heterocycles. The molecule has 6 heterocycles. The number of rotatable bonds is 9. The Kier molecular flexibility index (Phi) is 17.4. The lowest BCUT2D eigenvalue weighted by atomic mass is 9.95. The average molecular weight is 1760 g/mol. The highest BCUT2D eigenvalue weighted by molar-refractivity contribution is 7.27. The molecule has 0 aliphatic rings. The first-order valence-corrected chi connectivity index (χ1v) is 47.4. The van der Waals surface area contributed by atoms with Gasteiger partial charge >= 0.3 is 0 Å². The number of para-hydroxylation sites is 7. The molecule has 0 bridgehead atoms. The number of hydrogen-bond donors (Lipinski definition) is 0. The number of nitrogens with zero attached hydrogens (tertiary/aromatic N) is 3. The summed E-state index contributed by atoms with van der Waals surface area (Å²) in [6, 6.07) is 163. The first-order chi connectivity index (χ1) is 66.9. The van der Waals surface area contributed by atoms with Gasteiger partial charge in [-0.2, -0.15) is 0 Å². The third-order valence-corrected chi connectivity index (χ3v) is 30.0. The maximum atomic E-state index is 6.43. The molecular weight excluding hydrogens is 1680 g/mol. The van der Waals surface area contributed by atoms with E-state index in [1.54, 1.807) is 0 Å². The summed E-state index contributed by atoms with van der Waals surface area (Å²) in [4.78, 5) is 7.11. The van der Waals surface area contributed by atoms with Crippen molar-refractivity contribution in [2.24, 2.45) is 0 Å². The Morgan fingerprint density at radius 2 is 0.437 bits per heavy atom. The van der Waals surface area contributed by atoms with Crippen LogP contribution in [-0.4, -0.2) is 0 Å². The molecule has 24 aromatic carbocycles. The average Bonchev–Trinajstić information content (AvgIpc) is 1.71. The van der Waals surface area contributed by atoms with Gasteiger partial charge in [-0.1, -0.05) is 285 Å². The Labute approximate surface area is 780 Å². The monoisotopic (exact) mass is 1760 g/mol. The largest absolute Gasteiger partial charge is 0.456 e. The Bertz CT molecular complexity index is 9230. The number of fused-ring (bicyclic) bond motifs is 36. The summed E-state index contributed by atoms with van der Waals surface area (Å²) in [6.45, 7) is 0. The van der Waals surface area contributed by atoms with Gasteiger partial charge in [-0.25, -0.2) is 0 Å². The van der Waals surface area contributed by atoms with Crippen molar-refractivity contribution < 1.29 is 17.7 Å². The van der Waals surface area contributed by atoms with Gasteiger partial charge in [0.15, 0.2) is 0 Å². The minimum absolute atomic E-state index is 0.879. The van der Waals surface area contributed by atoms with Crippen LogP contribution in [0.2, 0.25) is 0 Å². The lowest BCUT2D eigenvalue weighted by molar-refractivity contribution is 0.668. The number of benzene rings is 24. The van der Waals surface area contributed by atoms with Crippen molar-refractivity contribution in [3.8, 4) is 0 Å². The number of furan rings is 4. The Hall–Kier alpha value is -17.3. The van der Waals surface area contributed by atoms with Gasteiger partial charge in [0.2, 0.25) is 0 Å². The predicted octanol–water partition coefficient (Wildman–Crippen LogP) is 38.2. The van der Waals surface area contributed by atoms with Crippen molar-refractivity contribution in [3.05, 3.63) is 455 Å². The van der Waals surface area contributed by atoms with Gasteiger partial charge in [0.05, 0.1) is 27.8 Å². The fourth-order valence-corrected chi connectivity index (χ4v) is 24.0. The molecule has 0 saturated carbocycles. The second kappa shape index (κ2) is 30.6. The zero-order valence-corrected chi connectivity index (χ0v) is 74.2. The molecule has 0 aliphatic carbocycles. The molecular formula is C126H75N3O4S2. The Morgan fingerprint density at radius 1 is 0.148 bits per heavy atom. The van der Waals surface area contributed by atoms with E-state index in [4.69, 9.17) is 17.7 Å². The second-order valence-electron chi connectivity index (χ2n) is 35.1. The highest BCUT2D eigenvalue weighted by atomic mass is 32.1. The van der Waals surface area contributed by atoms with E-state index in [-0.39, 0.29) is 0 Å². The molecule has 0 aliphatic heterocycles. The molecule has 0 atom stereocenters. The van der Waals surface area contributed by atoms with Gasteiger partial charge in [-0.05, 0) is 251 Å². The van der Waals surface area contributed by atoms with Crippen LogP contribution in [0.4, 0.5) is 51.2 Å². The first-order valence-electron chi connectivity index (χ1n) is 45.8. The zero-order valence-electron chi connectivity index (χ0n) is 72.6. The molecule has 30 rings (SSSR count). The van der Waals surface area contributed by atoms with E-state index in [9.17, 15) is 0 Å². The molecule has 135 heavy (non-hydrogen) atoms. The summed E-state index contributed by atoms with van der Waals surface area (Å²) in [7, 11) is 0. The van der Waals surface area contributed by atoms with Crippen LogP contribution < -0.4 is 14.7 Å². The minimum Gasteiger partial charge on any atom is -0.456 e. The summed E-state index contributed by atoms with van der Waals surface area (Å²) in [5.74, 6) is 0. The van der Waals surface area contributed by atoms with Crippen molar-refractivity contribution in [3.63, 3.8) is 0 Å². The summed E-state index contributed by atoms with van der Waals surface area (Å²) < 4.78 is 30.7. The van der Waals surface area contributed by atoms with Crippen molar-refractivity contribution in [2.45, 2.75) is 0 Å². The van der Waals surface area contributed by atoms with Crippen LogP contribution >= 0.6 is 22.7 Å². The predicted molar refractivity (Wildman–Crippen MR) is 576 cm³/mol. The van der Waals surface area contributed by atoms with Crippen LogP contribution in [0.1, 0.15) is 0 Å². The van der Waals surface area contributed by atoms with Crippen molar-refractivity contribution in [1.29, 1.82) is 0 Å². The smallest absolute Gasteiger partial charge is 0.143 e. The summed E-state index contributed by atoms with van der Waals surface area (Å²) in [5.41, 5.74) is 17.3. The molecule has 7 nitrogen and oxygen atoms in total.